The van der Waals surface area contributed by atoms with Crippen LogP contribution in [-0.2, 0) is 19.1 Å². The first kappa shape index (κ1) is 30.5. The van der Waals surface area contributed by atoms with E-state index in [0.717, 1.165) is 0 Å². The van der Waals surface area contributed by atoms with E-state index >= 15 is 0 Å². The van der Waals surface area contributed by atoms with Gasteiger partial charge in [0.2, 0.25) is 0 Å². The molecule has 0 aliphatic rings. The Morgan fingerprint density at radius 2 is 1.37 bits per heavy atom. The fourth-order valence-corrected chi connectivity index (χ4v) is 3.41. The van der Waals surface area contributed by atoms with E-state index in [-0.39, 0.29) is 18.1 Å². The summed E-state index contributed by atoms with van der Waals surface area (Å²) in [5, 5.41) is 9.72. The Bertz CT molecular complexity index is 1160. The van der Waals surface area contributed by atoms with E-state index < -0.39 is 52.6 Å². The van der Waals surface area contributed by atoms with Crippen molar-refractivity contribution < 1.29 is 38.5 Å². The van der Waals surface area contributed by atoms with Crippen LogP contribution in [0.3, 0.4) is 0 Å². The van der Waals surface area contributed by atoms with Gasteiger partial charge in [0.25, 0.3) is 0 Å². The highest BCUT2D eigenvalue weighted by molar-refractivity contribution is 5.89. The van der Waals surface area contributed by atoms with Crippen LogP contribution in [0.1, 0.15) is 70.3 Å². The molecule has 0 fully saturated rings. The molecule has 0 bridgehead atoms. The van der Waals surface area contributed by atoms with E-state index in [9.17, 15) is 24.3 Å². The molecule has 0 radical (unpaired) electrons. The molecule has 3 atom stereocenters. The minimum atomic E-state index is -1.37. The fourth-order valence-electron chi connectivity index (χ4n) is 3.41. The van der Waals surface area contributed by atoms with Crippen LogP contribution in [0.2, 0.25) is 0 Å². The van der Waals surface area contributed by atoms with Gasteiger partial charge in [0.15, 0.2) is 11.5 Å². The van der Waals surface area contributed by atoms with Gasteiger partial charge in [-0.1, -0.05) is 31.2 Å². The number of hydrogen-bond donors (Lipinski definition) is 2. The van der Waals surface area contributed by atoms with E-state index in [1.807, 2.05) is 0 Å². The van der Waals surface area contributed by atoms with E-state index in [0.29, 0.717) is 11.1 Å². The molecule has 9 nitrogen and oxygen atoms in total. The maximum absolute atomic E-state index is 12.7. The summed E-state index contributed by atoms with van der Waals surface area (Å²) < 4.78 is 16.6. The number of ether oxygens (including phenoxy) is 3. The molecule has 0 heterocycles. The number of esters is 3. The Balaban J connectivity index is 2.45. The standard InChI is InChI=1S/C29H37NO8/c1-17(16-36-25(33)18-11-9-8-10-12-18)22(23(30)24(31)32)19-13-14-20(37-26(34)28(2,3)4)21(15-19)38-27(35)29(5,6)7/h8-15,17,22-23H,16,30H2,1-7H3,(H,31,32)/t17?,22?,23-/m0/s1. The average Bonchev–Trinajstić information content (AvgIpc) is 2.83. The summed E-state index contributed by atoms with van der Waals surface area (Å²) in [5.74, 6) is -4.34. The van der Waals surface area contributed by atoms with Crippen LogP contribution in [0.25, 0.3) is 0 Å². The lowest BCUT2D eigenvalue weighted by molar-refractivity contribution is -0.145. The maximum Gasteiger partial charge on any atom is 0.338 e. The third kappa shape index (κ3) is 8.14. The Hall–Kier alpha value is -3.72. The van der Waals surface area contributed by atoms with Gasteiger partial charge in [-0.25, -0.2) is 4.79 Å². The predicted molar refractivity (Wildman–Crippen MR) is 141 cm³/mol. The lowest BCUT2D eigenvalue weighted by atomic mass is 9.82. The zero-order valence-electron chi connectivity index (χ0n) is 22.9. The number of carbonyl (C=O) groups excluding carboxylic acids is 3. The molecule has 0 saturated carbocycles. The third-order valence-electron chi connectivity index (χ3n) is 5.75. The summed E-state index contributed by atoms with van der Waals surface area (Å²) in [4.78, 5) is 49.6. The van der Waals surface area contributed by atoms with Crippen LogP contribution in [-0.4, -0.2) is 41.6 Å². The van der Waals surface area contributed by atoms with E-state index in [4.69, 9.17) is 19.9 Å². The molecule has 2 aromatic rings. The summed E-state index contributed by atoms with van der Waals surface area (Å²) >= 11 is 0. The summed E-state index contributed by atoms with van der Waals surface area (Å²) in [7, 11) is 0. The number of carboxylic acid groups (broad SMARTS) is 1. The SMILES string of the molecule is CC(COC(=O)c1ccccc1)C(c1ccc(OC(=O)C(C)(C)C)c(OC(=O)C(C)(C)C)c1)[C@H](N)C(=O)O. The summed E-state index contributed by atoms with van der Waals surface area (Å²) in [6, 6.07) is 11.5. The number of carbonyl (C=O) groups is 4. The van der Waals surface area contributed by atoms with Crippen LogP contribution >= 0.6 is 0 Å². The van der Waals surface area contributed by atoms with Crippen molar-refractivity contribution in [2.45, 2.75) is 60.4 Å². The highest BCUT2D eigenvalue weighted by atomic mass is 16.6. The van der Waals surface area contributed by atoms with Crippen LogP contribution in [0.4, 0.5) is 0 Å². The van der Waals surface area contributed by atoms with E-state index in [1.54, 1.807) is 84.9 Å². The second-order valence-electron chi connectivity index (χ2n) is 11.3. The van der Waals surface area contributed by atoms with Gasteiger partial charge in [0.1, 0.15) is 6.04 Å². The van der Waals surface area contributed by atoms with Crippen molar-refractivity contribution in [1.82, 2.24) is 0 Å². The van der Waals surface area contributed by atoms with Crippen molar-refractivity contribution in [2.75, 3.05) is 6.61 Å². The van der Waals surface area contributed by atoms with Crippen molar-refractivity contribution in [3.63, 3.8) is 0 Å². The minimum absolute atomic E-state index is 0.0112. The van der Waals surface area contributed by atoms with Crippen LogP contribution in [0.15, 0.2) is 48.5 Å². The summed E-state index contributed by atoms with van der Waals surface area (Å²) in [6.45, 7) is 11.7. The molecule has 0 saturated heterocycles. The number of carboxylic acids is 1. The molecule has 0 aliphatic heterocycles. The molecule has 2 aromatic carbocycles. The molecule has 3 N–H and O–H groups in total. The second-order valence-corrected chi connectivity index (χ2v) is 11.3. The molecular formula is C29H37NO8. The van der Waals surface area contributed by atoms with Crippen molar-refractivity contribution in [1.29, 1.82) is 0 Å². The Kier molecular flexibility index (Phi) is 9.81. The molecule has 2 unspecified atom stereocenters. The van der Waals surface area contributed by atoms with Gasteiger partial charge >= 0.3 is 23.9 Å². The highest BCUT2D eigenvalue weighted by Gasteiger charge is 2.34. The number of hydrogen-bond acceptors (Lipinski definition) is 8. The largest absolute Gasteiger partial charge is 0.480 e. The lowest BCUT2D eigenvalue weighted by Gasteiger charge is -2.28. The number of aliphatic carboxylic acids is 1. The van der Waals surface area contributed by atoms with E-state index in [2.05, 4.69) is 0 Å². The fraction of sp³-hybridized carbons (Fsp3) is 0.448. The molecule has 0 aliphatic carbocycles. The van der Waals surface area contributed by atoms with Gasteiger partial charge in [0.05, 0.1) is 23.0 Å². The quantitative estimate of drug-likeness (QED) is 0.354. The predicted octanol–water partition coefficient (Wildman–Crippen LogP) is 4.58. The van der Waals surface area contributed by atoms with Gasteiger partial charge in [-0.15, -0.1) is 0 Å². The second kappa shape index (κ2) is 12.2. The molecule has 0 spiro atoms. The van der Waals surface area contributed by atoms with Crippen molar-refractivity contribution in [2.24, 2.45) is 22.5 Å². The topological polar surface area (TPSA) is 142 Å². The molecule has 9 heteroatoms. The third-order valence-corrected chi connectivity index (χ3v) is 5.75. The summed E-state index contributed by atoms with van der Waals surface area (Å²) in [5.41, 5.74) is 5.16. The zero-order chi connectivity index (χ0) is 28.8. The zero-order valence-corrected chi connectivity index (χ0v) is 22.9. The number of nitrogens with two attached hydrogens (primary N) is 1. The smallest absolute Gasteiger partial charge is 0.338 e. The highest BCUT2D eigenvalue weighted by Crippen LogP contribution is 2.37. The van der Waals surface area contributed by atoms with Crippen molar-refractivity contribution in [3.05, 3.63) is 59.7 Å². The number of rotatable bonds is 9. The van der Waals surface area contributed by atoms with Gasteiger partial charge in [-0.2, -0.15) is 0 Å². The molecule has 206 valence electrons. The molecule has 38 heavy (non-hydrogen) atoms. The Labute approximate surface area is 223 Å². The van der Waals surface area contributed by atoms with Crippen molar-refractivity contribution >= 4 is 23.9 Å². The van der Waals surface area contributed by atoms with Gasteiger partial charge in [-0.05, 0) is 77.3 Å². The molecular weight excluding hydrogens is 490 g/mol. The molecule has 2 rings (SSSR count). The van der Waals surface area contributed by atoms with Crippen LogP contribution in [0.5, 0.6) is 11.5 Å². The van der Waals surface area contributed by atoms with Gasteiger partial charge in [0, 0.05) is 5.92 Å². The van der Waals surface area contributed by atoms with Crippen LogP contribution in [0, 0.1) is 16.7 Å². The first-order chi connectivity index (χ1) is 17.5. The van der Waals surface area contributed by atoms with Gasteiger partial charge in [-0.3, -0.25) is 14.4 Å². The maximum atomic E-state index is 12.7. The number of benzene rings is 2. The lowest BCUT2D eigenvalue weighted by Crippen LogP contribution is -2.40. The first-order valence-corrected chi connectivity index (χ1v) is 12.3. The monoisotopic (exact) mass is 527 g/mol. The Morgan fingerprint density at radius 3 is 1.87 bits per heavy atom. The molecule has 0 amide bonds. The van der Waals surface area contributed by atoms with Gasteiger partial charge < -0.3 is 25.1 Å². The first-order valence-electron chi connectivity index (χ1n) is 12.3. The average molecular weight is 528 g/mol. The van der Waals surface area contributed by atoms with E-state index in [1.165, 1.54) is 12.1 Å². The Morgan fingerprint density at radius 1 is 0.842 bits per heavy atom. The summed E-state index contributed by atoms with van der Waals surface area (Å²) in [6.07, 6.45) is 0. The normalized spacial score (nSPS) is 14.1. The molecule has 0 aromatic heterocycles. The van der Waals surface area contributed by atoms with Crippen LogP contribution < -0.4 is 15.2 Å². The van der Waals surface area contributed by atoms with Crippen molar-refractivity contribution in [3.8, 4) is 11.5 Å². The minimum Gasteiger partial charge on any atom is -0.480 e.